The summed E-state index contributed by atoms with van der Waals surface area (Å²) in [5.74, 6) is 0. The Labute approximate surface area is 203 Å². The van der Waals surface area contributed by atoms with Gasteiger partial charge < -0.3 is 20.4 Å². The number of halogens is 4. The van der Waals surface area contributed by atoms with Crippen LogP contribution in [0.5, 0.6) is 0 Å². The minimum atomic E-state index is 0. The Morgan fingerprint density at radius 1 is 0.462 bits per heavy atom. The van der Waals surface area contributed by atoms with E-state index in [-0.39, 0.29) is 49.6 Å². The van der Waals surface area contributed by atoms with Crippen molar-refractivity contribution >= 4 is 49.6 Å². The number of aliphatic hydroxyl groups excluding tert-OH is 4. The van der Waals surface area contributed by atoms with Crippen molar-refractivity contribution in [1.82, 2.24) is 0 Å². The molecule has 26 heavy (non-hydrogen) atoms. The van der Waals surface area contributed by atoms with E-state index in [0.29, 0.717) is 26.4 Å². The van der Waals surface area contributed by atoms with Crippen molar-refractivity contribution in [3.05, 3.63) is 0 Å². The number of hydrogen-bond donors (Lipinski definition) is 4. The molecule has 0 rings (SSSR count). The molecule has 0 atom stereocenters. The summed E-state index contributed by atoms with van der Waals surface area (Å²) in [6.45, 7) is 9.29. The van der Waals surface area contributed by atoms with Crippen molar-refractivity contribution in [2.24, 2.45) is 0 Å². The van der Waals surface area contributed by atoms with Crippen LogP contribution in [0.1, 0.15) is 66.2 Å². The topological polar surface area (TPSA) is 115 Å². The Kier molecular flexibility index (Phi) is 311. The van der Waals surface area contributed by atoms with E-state index < -0.39 is 0 Å². The van der Waals surface area contributed by atoms with Gasteiger partial charge in [-0.3, -0.25) is 0 Å². The average molecular weight is 548 g/mol. The van der Waals surface area contributed by atoms with Crippen LogP contribution in [0, 0.1) is 0 Å². The van der Waals surface area contributed by atoms with Crippen molar-refractivity contribution in [2.45, 2.75) is 66.2 Å². The molecule has 12 heteroatoms. The van der Waals surface area contributed by atoms with E-state index in [4.69, 9.17) is 27.8 Å². The van der Waals surface area contributed by atoms with Gasteiger partial charge in [0.05, 0.1) is 0 Å². The molecule has 0 fully saturated rings. The van der Waals surface area contributed by atoms with E-state index in [1.165, 1.54) is 0 Å². The zero-order valence-corrected chi connectivity index (χ0v) is 22.3. The van der Waals surface area contributed by atoms with Gasteiger partial charge in [0.1, 0.15) is 0 Å². The van der Waals surface area contributed by atoms with Crippen LogP contribution < -0.4 is 0 Å². The first-order valence-electron chi connectivity index (χ1n) is 7.46. The van der Waals surface area contributed by atoms with Crippen LogP contribution in [0.15, 0.2) is 0 Å². The van der Waals surface area contributed by atoms with Gasteiger partial charge >= 0.3 is 42.1 Å². The molecule has 0 saturated heterocycles. The minimum absolute atomic E-state index is 0. The first-order chi connectivity index (χ1) is 10.7. The van der Waals surface area contributed by atoms with Gasteiger partial charge in [0.2, 0.25) is 0 Å². The van der Waals surface area contributed by atoms with Gasteiger partial charge in [-0.15, -0.1) is 49.6 Å². The number of hydrogen-bond acceptors (Lipinski definition) is 6. The van der Waals surface area contributed by atoms with Gasteiger partial charge in [-0.1, -0.05) is 40.5 Å². The van der Waals surface area contributed by atoms with Crippen LogP contribution in [0.25, 0.3) is 0 Å². The van der Waals surface area contributed by atoms with Gasteiger partial charge in [0.15, 0.2) is 0 Å². The summed E-state index contributed by atoms with van der Waals surface area (Å²) in [5, 5.41) is 31.9. The maximum absolute atomic E-state index is 8.19. The molecule has 170 valence electrons. The molecule has 0 aliphatic rings. The summed E-state index contributed by atoms with van der Waals surface area (Å²) in [5.41, 5.74) is 0. The molecule has 0 aromatic carbocycles. The summed E-state index contributed by atoms with van der Waals surface area (Å²) >= 11 is 2.12. The van der Waals surface area contributed by atoms with E-state index in [1.807, 2.05) is 13.8 Å². The van der Waals surface area contributed by atoms with Crippen LogP contribution >= 0.6 is 49.6 Å². The monoisotopic (exact) mass is 546 g/mol. The molecule has 0 radical (unpaired) electrons. The summed E-state index contributed by atoms with van der Waals surface area (Å²) in [6.07, 6.45) is 5.83. The van der Waals surface area contributed by atoms with Gasteiger partial charge in [0.25, 0.3) is 0 Å². The van der Waals surface area contributed by atoms with E-state index in [0.717, 1.165) is 73.3 Å². The van der Waals surface area contributed by atoms with Crippen molar-refractivity contribution in [1.29, 1.82) is 0 Å². The molecule has 0 aromatic rings. The normalized spacial score (nSPS) is 5.77. The van der Waals surface area contributed by atoms with Gasteiger partial charge in [-0.2, -0.15) is 0 Å². The fourth-order valence-electron chi connectivity index (χ4n) is 0.316. The molecule has 0 amide bonds. The van der Waals surface area contributed by atoms with Gasteiger partial charge in [-0.25, -0.2) is 0 Å². The molecule has 0 aliphatic heterocycles. The second kappa shape index (κ2) is 128. The fraction of sp³-hybridized carbons (Fsp3) is 1.00. The molecule has 0 spiro atoms. The summed E-state index contributed by atoms with van der Waals surface area (Å²) in [6, 6.07) is 0. The first kappa shape index (κ1) is 63.0. The first-order valence-corrected chi connectivity index (χ1v) is 8.60. The SMILES string of the molecule is CCCCO.CCCCO.CCCO.CCCO.Cl.Cl.Cl.Cl.[O]=[V].[O]=[V]. The van der Waals surface area contributed by atoms with Crippen molar-refractivity contribution < 1.29 is 62.5 Å². The Morgan fingerprint density at radius 3 is 0.615 bits per heavy atom. The Balaban J connectivity index is -0.0000000147. The van der Waals surface area contributed by atoms with Gasteiger partial charge in [0, 0.05) is 26.4 Å². The van der Waals surface area contributed by atoms with Crippen LogP contribution in [-0.2, 0) is 42.1 Å². The molecule has 0 aliphatic carbocycles. The predicted octanol–water partition coefficient (Wildman–Crippen LogP) is 3.78. The van der Waals surface area contributed by atoms with Crippen LogP contribution in [-0.4, -0.2) is 46.9 Å². The molecule has 0 heterocycles. The van der Waals surface area contributed by atoms with Gasteiger partial charge in [-0.05, 0) is 25.7 Å². The van der Waals surface area contributed by atoms with E-state index in [9.17, 15) is 0 Å². The average Bonchev–Trinajstić information content (AvgIpc) is 2.61. The van der Waals surface area contributed by atoms with Crippen LogP contribution in [0.2, 0.25) is 0 Å². The van der Waals surface area contributed by atoms with Crippen LogP contribution in [0.3, 0.4) is 0 Å². The number of aliphatic hydroxyl groups is 4. The Bertz CT molecular complexity index is 109. The van der Waals surface area contributed by atoms with Crippen molar-refractivity contribution in [3.63, 3.8) is 0 Å². The number of rotatable bonds is 6. The molecule has 4 N–H and O–H groups in total. The van der Waals surface area contributed by atoms with E-state index in [1.54, 1.807) is 0 Å². The molecular weight excluding hydrogens is 508 g/mol. The Hall–Kier alpha value is 1.77. The fourth-order valence-corrected chi connectivity index (χ4v) is 0.316. The molecule has 0 saturated carbocycles. The standard InChI is InChI=1S/2C4H10O.2C3H8O.4ClH.2O.2V/c2*1-2-3-4-5;2*1-2-3-4;;;;;;;;/h2*5H,2-4H2,1H3;2*4H,2-3H2,1H3;4*1H;;;;. The van der Waals surface area contributed by atoms with E-state index in [2.05, 4.69) is 13.8 Å². The third-order valence-electron chi connectivity index (χ3n) is 1.47. The quantitative estimate of drug-likeness (QED) is 0.402. The second-order valence-electron chi connectivity index (χ2n) is 3.60. The summed E-state index contributed by atoms with van der Waals surface area (Å²) < 4.78 is 16.4. The molecule has 0 bridgehead atoms. The molecular formula is C14H40Cl4O6V2. The van der Waals surface area contributed by atoms with Crippen molar-refractivity contribution in [3.8, 4) is 0 Å². The maximum atomic E-state index is 8.19. The van der Waals surface area contributed by atoms with Crippen molar-refractivity contribution in [2.75, 3.05) is 26.4 Å². The van der Waals surface area contributed by atoms with E-state index >= 15 is 0 Å². The van der Waals surface area contributed by atoms with Crippen LogP contribution in [0.4, 0.5) is 0 Å². The zero-order chi connectivity index (χ0) is 19.1. The Morgan fingerprint density at radius 2 is 0.615 bits per heavy atom. The number of unbranched alkanes of at least 4 members (excludes halogenated alkanes) is 2. The predicted molar refractivity (Wildman–Crippen MR) is 109 cm³/mol. The third kappa shape index (κ3) is 262. The summed E-state index contributed by atoms with van der Waals surface area (Å²) in [7, 11) is 0. The third-order valence-corrected chi connectivity index (χ3v) is 1.47. The second-order valence-corrected chi connectivity index (χ2v) is 3.60. The zero-order valence-electron chi connectivity index (χ0n) is 16.2. The molecule has 0 unspecified atom stereocenters. The molecule has 0 aromatic heterocycles. The molecule has 6 nitrogen and oxygen atoms in total. The summed E-state index contributed by atoms with van der Waals surface area (Å²) in [4.78, 5) is 0.